The van der Waals surface area contributed by atoms with Gasteiger partial charge in [-0.25, -0.2) is 4.98 Å². The summed E-state index contributed by atoms with van der Waals surface area (Å²) in [6, 6.07) is 23.5. The van der Waals surface area contributed by atoms with E-state index in [1.165, 1.54) is 11.1 Å². The highest BCUT2D eigenvalue weighted by Gasteiger charge is 2.25. The highest BCUT2D eigenvalue weighted by molar-refractivity contribution is 5.99. The first-order chi connectivity index (χ1) is 15.5. The zero-order valence-corrected chi connectivity index (χ0v) is 18.7. The molecule has 0 amide bonds. The number of rotatable bonds is 2. The van der Waals surface area contributed by atoms with Crippen molar-refractivity contribution in [3.8, 4) is 17.1 Å². The van der Waals surface area contributed by atoms with Crippen LogP contribution in [0.25, 0.3) is 45.2 Å². The molecule has 6 rings (SSSR count). The highest BCUT2D eigenvalue weighted by Crippen LogP contribution is 2.40. The summed E-state index contributed by atoms with van der Waals surface area (Å²) in [4.78, 5) is 5.12. The van der Waals surface area contributed by atoms with Crippen LogP contribution in [0.1, 0.15) is 44.1 Å². The van der Waals surface area contributed by atoms with Crippen LogP contribution < -0.4 is 0 Å². The molecule has 1 aliphatic rings. The number of nitrogens with zero attached hydrogens (tertiary/aromatic N) is 2. The first kappa shape index (κ1) is 19.1. The fourth-order valence-electron chi connectivity index (χ4n) is 4.90. The van der Waals surface area contributed by atoms with Gasteiger partial charge in [0.2, 0.25) is 0 Å². The molecule has 0 spiro atoms. The van der Waals surface area contributed by atoms with Gasteiger partial charge in [0, 0.05) is 17.4 Å². The average Bonchev–Trinajstić information content (AvgIpc) is 3.37. The summed E-state index contributed by atoms with van der Waals surface area (Å²) in [7, 11) is 0. The number of benzene rings is 3. The molecule has 0 bridgehead atoms. The smallest absolute Gasteiger partial charge is 0.149 e. The van der Waals surface area contributed by atoms with E-state index in [1.54, 1.807) is 0 Å². The average molecular weight is 419 g/mol. The van der Waals surface area contributed by atoms with Crippen LogP contribution in [0.15, 0.2) is 77.2 Å². The SMILES string of the molecule is CC(C)(C)c1ccccc1-n1c(-c2cccc3c4c(oc23)CCC=C4)nc2ccccc21. The molecule has 3 aromatic carbocycles. The van der Waals surface area contributed by atoms with Crippen molar-refractivity contribution in [2.45, 2.75) is 39.0 Å². The highest BCUT2D eigenvalue weighted by atomic mass is 16.3. The predicted molar refractivity (Wildman–Crippen MR) is 132 cm³/mol. The summed E-state index contributed by atoms with van der Waals surface area (Å²) in [6.07, 6.45) is 6.41. The molecule has 0 atom stereocenters. The molecule has 2 heterocycles. The van der Waals surface area contributed by atoms with Crippen LogP contribution in [0.5, 0.6) is 0 Å². The Balaban J connectivity index is 1.71. The minimum Gasteiger partial charge on any atom is -0.460 e. The van der Waals surface area contributed by atoms with E-state index in [4.69, 9.17) is 9.40 Å². The molecule has 32 heavy (non-hydrogen) atoms. The van der Waals surface area contributed by atoms with Crippen LogP contribution in [-0.2, 0) is 11.8 Å². The minimum absolute atomic E-state index is 0.000185. The maximum absolute atomic E-state index is 6.46. The molecule has 3 nitrogen and oxygen atoms in total. The number of furan rings is 1. The Morgan fingerprint density at radius 1 is 0.906 bits per heavy atom. The number of hydrogen-bond donors (Lipinski definition) is 0. The van der Waals surface area contributed by atoms with Gasteiger partial charge in [-0.3, -0.25) is 4.57 Å². The topological polar surface area (TPSA) is 31.0 Å². The Hall–Kier alpha value is -3.59. The molecule has 3 heteroatoms. The molecule has 0 saturated heterocycles. The summed E-state index contributed by atoms with van der Waals surface area (Å²) in [6.45, 7) is 6.79. The van der Waals surface area contributed by atoms with Crippen LogP contribution in [0.4, 0.5) is 0 Å². The van der Waals surface area contributed by atoms with Gasteiger partial charge in [0.15, 0.2) is 0 Å². The molecule has 158 valence electrons. The second kappa shape index (κ2) is 6.96. The Labute approximate surface area is 188 Å². The Morgan fingerprint density at radius 2 is 1.72 bits per heavy atom. The number of aromatic nitrogens is 2. The van der Waals surface area contributed by atoms with Crippen molar-refractivity contribution in [2.75, 3.05) is 0 Å². The molecule has 0 aliphatic heterocycles. The molecule has 0 saturated carbocycles. The van der Waals surface area contributed by atoms with Crippen molar-refractivity contribution >= 4 is 28.1 Å². The van der Waals surface area contributed by atoms with Gasteiger partial charge in [0.1, 0.15) is 17.2 Å². The molecule has 2 aromatic heterocycles. The maximum Gasteiger partial charge on any atom is 0.149 e. The largest absolute Gasteiger partial charge is 0.460 e. The number of hydrogen-bond acceptors (Lipinski definition) is 2. The first-order valence-electron chi connectivity index (χ1n) is 11.3. The van der Waals surface area contributed by atoms with Crippen LogP contribution in [0.2, 0.25) is 0 Å². The summed E-state index contributed by atoms with van der Waals surface area (Å²) in [5.41, 5.74) is 7.71. The summed E-state index contributed by atoms with van der Waals surface area (Å²) in [5.74, 6) is 2.00. The van der Waals surface area contributed by atoms with Gasteiger partial charge in [0.05, 0.1) is 22.3 Å². The van der Waals surface area contributed by atoms with Gasteiger partial charge in [0.25, 0.3) is 0 Å². The molecular formula is C29H26N2O. The second-order valence-corrected chi connectivity index (χ2v) is 9.59. The third-order valence-electron chi connectivity index (χ3n) is 6.41. The lowest BCUT2D eigenvalue weighted by atomic mass is 9.85. The van der Waals surface area contributed by atoms with Gasteiger partial charge in [-0.15, -0.1) is 0 Å². The molecule has 0 fully saturated rings. The molecule has 1 aliphatic carbocycles. The molecule has 0 radical (unpaired) electrons. The number of allylic oxidation sites excluding steroid dienone is 1. The standard InChI is InChI=1S/C29H26N2O/c1-29(2,3)22-14-5-7-16-24(22)31-25-17-8-6-15-23(25)30-28(31)21-13-10-12-20-19-11-4-9-18-26(19)32-27(20)21/h4-8,10-17H,9,18H2,1-3H3. The van der Waals surface area contributed by atoms with E-state index >= 15 is 0 Å². The van der Waals surface area contributed by atoms with Crippen molar-refractivity contribution in [2.24, 2.45) is 0 Å². The van der Waals surface area contributed by atoms with Crippen LogP contribution in [-0.4, -0.2) is 9.55 Å². The van der Waals surface area contributed by atoms with Crippen molar-refractivity contribution in [1.29, 1.82) is 0 Å². The normalized spacial score (nSPS) is 13.7. The quantitative estimate of drug-likeness (QED) is 0.294. The number of para-hydroxylation sites is 4. The lowest BCUT2D eigenvalue weighted by Crippen LogP contribution is -2.15. The van der Waals surface area contributed by atoms with E-state index in [2.05, 4.69) is 104 Å². The van der Waals surface area contributed by atoms with E-state index in [1.807, 2.05) is 0 Å². The third kappa shape index (κ3) is 2.85. The van der Waals surface area contributed by atoms with Gasteiger partial charge >= 0.3 is 0 Å². The van der Waals surface area contributed by atoms with Crippen molar-refractivity contribution in [1.82, 2.24) is 9.55 Å². The summed E-state index contributed by atoms with van der Waals surface area (Å²) >= 11 is 0. The van der Waals surface area contributed by atoms with E-state index in [9.17, 15) is 0 Å². The maximum atomic E-state index is 6.46. The van der Waals surface area contributed by atoms with Crippen LogP contribution >= 0.6 is 0 Å². The fourth-order valence-corrected chi connectivity index (χ4v) is 4.90. The Morgan fingerprint density at radius 3 is 2.59 bits per heavy atom. The van der Waals surface area contributed by atoms with Crippen molar-refractivity contribution in [3.05, 3.63) is 89.7 Å². The number of fused-ring (bicyclic) bond motifs is 4. The summed E-state index contributed by atoms with van der Waals surface area (Å²) < 4.78 is 8.76. The third-order valence-corrected chi connectivity index (χ3v) is 6.41. The lowest BCUT2D eigenvalue weighted by Gasteiger charge is -2.24. The first-order valence-corrected chi connectivity index (χ1v) is 11.3. The second-order valence-electron chi connectivity index (χ2n) is 9.59. The van der Waals surface area contributed by atoms with Crippen molar-refractivity contribution < 1.29 is 4.42 Å². The van der Waals surface area contributed by atoms with Crippen LogP contribution in [0, 0.1) is 0 Å². The van der Waals surface area contributed by atoms with E-state index in [0.29, 0.717) is 0 Å². The Kier molecular flexibility index (Phi) is 4.16. The summed E-state index contributed by atoms with van der Waals surface area (Å²) in [5, 5.41) is 1.16. The zero-order chi connectivity index (χ0) is 21.9. The van der Waals surface area contributed by atoms with Crippen LogP contribution in [0.3, 0.4) is 0 Å². The predicted octanol–water partition coefficient (Wildman–Crippen LogP) is 7.70. The number of aryl methyl sites for hydroxylation is 1. The molecule has 0 N–H and O–H groups in total. The minimum atomic E-state index is -0.000185. The lowest BCUT2D eigenvalue weighted by molar-refractivity contribution is 0.547. The number of imidazole rings is 1. The molecule has 5 aromatic rings. The fraction of sp³-hybridized carbons (Fsp3) is 0.207. The zero-order valence-electron chi connectivity index (χ0n) is 18.7. The van der Waals surface area contributed by atoms with Gasteiger partial charge in [-0.05, 0) is 41.7 Å². The van der Waals surface area contributed by atoms with E-state index in [-0.39, 0.29) is 5.41 Å². The van der Waals surface area contributed by atoms with Gasteiger partial charge in [-0.1, -0.05) is 75.4 Å². The van der Waals surface area contributed by atoms with Gasteiger partial charge < -0.3 is 4.42 Å². The molecule has 0 unspecified atom stereocenters. The monoisotopic (exact) mass is 418 g/mol. The van der Waals surface area contributed by atoms with E-state index < -0.39 is 0 Å². The Bertz CT molecular complexity index is 1510. The van der Waals surface area contributed by atoms with Gasteiger partial charge in [-0.2, -0.15) is 0 Å². The van der Waals surface area contributed by atoms with E-state index in [0.717, 1.165) is 57.7 Å². The van der Waals surface area contributed by atoms with Crippen molar-refractivity contribution in [3.63, 3.8) is 0 Å². The molecular weight excluding hydrogens is 392 g/mol.